The van der Waals surface area contributed by atoms with Gasteiger partial charge in [0.25, 0.3) is 5.91 Å². The van der Waals surface area contributed by atoms with Crippen molar-refractivity contribution < 1.29 is 13.6 Å². The minimum atomic E-state index is -0.406. The summed E-state index contributed by atoms with van der Waals surface area (Å²) in [6.07, 6.45) is 0. The third-order valence-corrected chi connectivity index (χ3v) is 5.13. The zero-order chi connectivity index (χ0) is 18.8. The fourth-order valence-corrected chi connectivity index (χ4v) is 3.73. The molecular weight excluding hydrogens is 366 g/mol. The summed E-state index contributed by atoms with van der Waals surface area (Å²) in [5.74, 6) is -1.05. The average Bonchev–Trinajstić information content (AvgIpc) is 3.10. The monoisotopic (exact) mass is 380 g/mol. The predicted molar refractivity (Wildman–Crippen MR) is 103 cm³/mol. The van der Waals surface area contributed by atoms with Gasteiger partial charge in [0.05, 0.1) is 16.8 Å². The number of amides is 1. The number of thiazole rings is 1. The Morgan fingerprint density at radius 2 is 1.63 bits per heavy atom. The van der Waals surface area contributed by atoms with Crippen LogP contribution in [0.15, 0.2) is 72.8 Å². The van der Waals surface area contributed by atoms with Crippen LogP contribution in [0.25, 0.3) is 10.2 Å². The number of hydrogen-bond donors (Lipinski definition) is 0. The molecule has 4 aromatic rings. The highest BCUT2D eigenvalue weighted by Gasteiger charge is 2.22. The largest absolute Gasteiger partial charge is 0.279 e. The van der Waals surface area contributed by atoms with Crippen LogP contribution in [0.4, 0.5) is 13.9 Å². The molecule has 0 aliphatic heterocycles. The molecule has 1 heterocycles. The molecule has 3 aromatic carbocycles. The van der Waals surface area contributed by atoms with Crippen LogP contribution < -0.4 is 4.90 Å². The standard InChI is InChI=1S/C21H14F2N2OS/c22-16-8-6-15(7-9-16)20(26)25(13-14-4-2-1-3-5-14)21-24-18-11-10-17(23)12-19(18)27-21/h1-12H,13H2. The molecule has 0 spiro atoms. The van der Waals surface area contributed by atoms with E-state index in [4.69, 9.17) is 0 Å². The van der Waals surface area contributed by atoms with Crippen molar-refractivity contribution in [3.63, 3.8) is 0 Å². The van der Waals surface area contributed by atoms with E-state index in [0.29, 0.717) is 27.5 Å². The molecule has 0 saturated carbocycles. The number of rotatable bonds is 4. The zero-order valence-corrected chi connectivity index (χ0v) is 14.9. The second-order valence-corrected chi connectivity index (χ2v) is 7.00. The molecule has 3 nitrogen and oxygen atoms in total. The van der Waals surface area contributed by atoms with Gasteiger partial charge >= 0.3 is 0 Å². The molecule has 0 N–H and O–H groups in total. The van der Waals surface area contributed by atoms with Gasteiger partial charge in [-0.1, -0.05) is 41.7 Å². The molecule has 0 bridgehead atoms. The van der Waals surface area contributed by atoms with Crippen molar-refractivity contribution in [3.05, 3.63) is 95.6 Å². The van der Waals surface area contributed by atoms with Crippen LogP contribution in [0.5, 0.6) is 0 Å². The van der Waals surface area contributed by atoms with Gasteiger partial charge in [-0.05, 0) is 48.0 Å². The lowest BCUT2D eigenvalue weighted by Gasteiger charge is -2.20. The van der Waals surface area contributed by atoms with Crippen LogP contribution in [-0.4, -0.2) is 10.9 Å². The molecule has 0 radical (unpaired) electrons. The van der Waals surface area contributed by atoms with Crippen molar-refractivity contribution in [3.8, 4) is 0 Å². The molecular formula is C21H14F2N2OS. The molecule has 0 aliphatic rings. The first kappa shape index (κ1) is 17.3. The van der Waals surface area contributed by atoms with Gasteiger partial charge in [0.1, 0.15) is 11.6 Å². The Morgan fingerprint density at radius 3 is 2.37 bits per heavy atom. The van der Waals surface area contributed by atoms with E-state index in [9.17, 15) is 13.6 Å². The number of aromatic nitrogens is 1. The lowest BCUT2D eigenvalue weighted by Crippen LogP contribution is -2.30. The Bertz CT molecular complexity index is 1090. The summed E-state index contributed by atoms with van der Waals surface area (Å²) in [4.78, 5) is 19.1. The number of benzene rings is 3. The second kappa shape index (κ2) is 7.25. The molecule has 6 heteroatoms. The third-order valence-electron chi connectivity index (χ3n) is 4.09. The SMILES string of the molecule is O=C(c1ccc(F)cc1)N(Cc1ccccc1)c1nc2ccc(F)cc2s1. The quantitative estimate of drug-likeness (QED) is 0.474. The average molecular weight is 380 g/mol. The Morgan fingerprint density at radius 1 is 0.926 bits per heavy atom. The van der Waals surface area contributed by atoms with Gasteiger partial charge in [0.2, 0.25) is 0 Å². The van der Waals surface area contributed by atoms with Crippen molar-refractivity contribution in [1.29, 1.82) is 0 Å². The summed E-state index contributed by atoms with van der Waals surface area (Å²) >= 11 is 1.24. The summed E-state index contributed by atoms with van der Waals surface area (Å²) in [5.41, 5.74) is 1.91. The first-order valence-corrected chi connectivity index (χ1v) is 9.09. The van der Waals surface area contributed by atoms with E-state index >= 15 is 0 Å². The summed E-state index contributed by atoms with van der Waals surface area (Å²) in [7, 11) is 0. The highest BCUT2D eigenvalue weighted by Crippen LogP contribution is 2.31. The van der Waals surface area contributed by atoms with E-state index in [1.165, 1.54) is 52.6 Å². The number of nitrogens with zero attached hydrogens (tertiary/aromatic N) is 2. The van der Waals surface area contributed by atoms with E-state index in [0.717, 1.165) is 5.56 Å². The number of fused-ring (bicyclic) bond motifs is 1. The minimum absolute atomic E-state index is 0.293. The fraction of sp³-hybridized carbons (Fsp3) is 0.0476. The van der Waals surface area contributed by atoms with Crippen molar-refractivity contribution in [1.82, 2.24) is 4.98 Å². The molecule has 0 saturated heterocycles. The summed E-state index contributed by atoms with van der Waals surface area (Å²) in [6, 6.07) is 19.2. The zero-order valence-electron chi connectivity index (χ0n) is 14.1. The van der Waals surface area contributed by atoms with Gasteiger partial charge in [0.15, 0.2) is 5.13 Å². The molecule has 1 aromatic heterocycles. The first-order chi connectivity index (χ1) is 13.1. The van der Waals surface area contributed by atoms with E-state index in [1.54, 1.807) is 6.07 Å². The molecule has 27 heavy (non-hydrogen) atoms. The maximum Gasteiger partial charge on any atom is 0.260 e. The summed E-state index contributed by atoms with van der Waals surface area (Å²) in [5, 5.41) is 0.466. The first-order valence-electron chi connectivity index (χ1n) is 8.27. The smallest absolute Gasteiger partial charge is 0.260 e. The third kappa shape index (κ3) is 3.71. The summed E-state index contributed by atoms with van der Waals surface area (Å²) in [6.45, 7) is 0.305. The minimum Gasteiger partial charge on any atom is -0.279 e. The van der Waals surface area contributed by atoms with Gasteiger partial charge in [0, 0.05) is 5.56 Å². The number of carbonyl (C=O) groups excluding carboxylic acids is 1. The molecule has 1 amide bonds. The number of hydrogen-bond acceptors (Lipinski definition) is 3. The van der Waals surface area contributed by atoms with Crippen LogP contribution >= 0.6 is 11.3 Å². The van der Waals surface area contributed by atoms with Crippen molar-refractivity contribution in [2.45, 2.75) is 6.54 Å². The lowest BCUT2D eigenvalue weighted by atomic mass is 10.1. The number of anilines is 1. The second-order valence-electron chi connectivity index (χ2n) is 5.99. The van der Waals surface area contributed by atoms with Crippen molar-refractivity contribution >= 4 is 32.6 Å². The van der Waals surface area contributed by atoms with Crippen molar-refractivity contribution in [2.75, 3.05) is 4.90 Å². The van der Waals surface area contributed by atoms with Crippen LogP contribution in [0.1, 0.15) is 15.9 Å². The van der Waals surface area contributed by atoms with Gasteiger partial charge in [-0.15, -0.1) is 0 Å². The number of carbonyl (C=O) groups is 1. The van der Waals surface area contributed by atoms with Crippen LogP contribution in [0.2, 0.25) is 0 Å². The Kier molecular flexibility index (Phi) is 4.64. The Hall–Kier alpha value is -3.12. The maximum absolute atomic E-state index is 13.5. The molecule has 0 aliphatic carbocycles. The van der Waals surface area contributed by atoms with Gasteiger partial charge < -0.3 is 0 Å². The van der Waals surface area contributed by atoms with Gasteiger partial charge in [-0.25, -0.2) is 13.8 Å². The highest BCUT2D eigenvalue weighted by molar-refractivity contribution is 7.22. The van der Waals surface area contributed by atoms with Crippen LogP contribution in [0.3, 0.4) is 0 Å². The van der Waals surface area contributed by atoms with E-state index in [1.807, 2.05) is 30.3 Å². The fourth-order valence-electron chi connectivity index (χ4n) is 2.74. The summed E-state index contributed by atoms with van der Waals surface area (Å²) < 4.78 is 27.4. The lowest BCUT2D eigenvalue weighted by molar-refractivity contribution is 0.0985. The topological polar surface area (TPSA) is 33.2 Å². The Balaban J connectivity index is 1.76. The van der Waals surface area contributed by atoms with E-state index in [-0.39, 0.29) is 11.7 Å². The number of halogens is 2. The highest BCUT2D eigenvalue weighted by atomic mass is 32.1. The van der Waals surface area contributed by atoms with Crippen molar-refractivity contribution in [2.24, 2.45) is 0 Å². The molecule has 0 unspecified atom stereocenters. The predicted octanol–water partition coefficient (Wildman–Crippen LogP) is 5.42. The Labute approximate surface area is 158 Å². The van der Waals surface area contributed by atoms with E-state index < -0.39 is 5.82 Å². The van der Waals surface area contributed by atoms with E-state index in [2.05, 4.69) is 4.98 Å². The van der Waals surface area contributed by atoms with Gasteiger partial charge in [-0.3, -0.25) is 9.69 Å². The normalized spacial score (nSPS) is 10.9. The molecule has 0 atom stereocenters. The molecule has 134 valence electrons. The molecule has 0 fully saturated rings. The van der Waals surface area contributed by atoms with Crippen LogP contribution in [0, 0.1) is 11.6 Å². The maximum atomic E-state index is 13.5. The van der Waals surface area contributed by atoms with Gasteiger partial charge in [-0.2, -0.15) is 0 Å². The van der Waals surface area contributed by atoms with Crippen LogP contribution in [-0.2, 0) is 6.54 Å². The molecule has 4 rings (SSSR count).